The zero-order chi connectivity index (χ0) is 26.1. The van der Waals surface area contributed by atoms with E-state index in [-0.39, 0.29) is 17.7 Å². The van der Waals surface area contributed by atoms with Crippen molar-refractivity contribution in [1.82, 2.24) is 24.6 Å². The highest BCUT2D eigenvalue weighted by molar-refractivity contribution is 5.88. The Balaban J connectivity index is 1.69. The molecule has 1 aliphatic rings. The highest BCUT2D eigenvalue weighted by Gasteiger charge is 2.25. The molecule has 0 atom stereocenters. The van der Waals surface area contributed by atoms with Crippen molar-refractivity contribution in [2.45, 2.75) is 25.4 Å². The van der Waals surface area contributed by atoms with Crippen LogP contribution in [-0.4, -0.2) is 57.2 Å². The molecule has 1 aliphatic heterocycles. The molecule has 1 fully saturated rings. The molecule has 3 heterocycles. The monoisotopic (exact) mass is 501 g/mol. The minimum Gasteiger partial charge on any atom is -0.394 e. The van der Waals surface area contributed by atoms with Gasteiger partial charge in [-0.25, -0.2) is 9.37 Å². The maximum absolute atomic E-state index is 14.7. The Morgan fingerprint density at radius 3 is 2.62 bits per heavy atom. The molecule has 0 spiro atoms. The van der Waals surface area contributed by atoms with Crippen LogP contribution in [0.5, 0.6) is 0 Å². The summed E-state index contributed by atoms with van der Waals surface area (Å²) in [7, 11) is 3.66. The lowest BCUT2D eigenvalue weighted by Gasteiger charge is -2.33. The van der Waals surface area contributed by atoms with Crippen LogP contribution in [0.4, 0.5) is 10.3 Å². The Labute approximate surface area is 213 Å². The summed E-state index contributed by atoms with van der Waals surface area (Å²) in [4.78, 5) is 20.9. The van der Waals surface area contributed by atoms with Crippen molar-refractivity contribution in [3.8, 4) is 28.5 Å². The smallest absolute Gasteiger partial charge is 0.263 e. The molecular formula is C27H28FN7O2. The summed E-state index contributed by atoms with van der Waals surface area (Å²) >= 11 is 0. The quantitative estimate of drug-likeness (QED) is 0.418. The first-order valence-corrected chi connectivity index (χ1v) is 12.2. The van der Waals surface area contributed by atoms with Crippen LogP contribution in [0.1, 0.15) is 18.4 Å². The lowest BCUT2D eigenvalue weighted by atomic mass is 9.98. The summed E-state index contributed by atoms with van der Waals surface area (Å²) in [6, 6.07) is 12.0. The molecule has 1 saturated heterocycles. The SMILES string of the molecule is CNC1CCN(c2nc(-c3ccc(C#N)c(F)c3)c(-c3ccc4nn(CCO)cc4c3)c(=O)n2C)CC1. The Hall–Kier alpha value is -4.07. The topological polar surface area (TPSA) is 112 Å². The van der Waals surface area contributed by atoms with E-state index >= 15 is 0 Å². The second-order valence-corrected chi connectivity index (χ2v) is 9.25. The van der Waals surface area contributed by atoms with Gasteiger partial charge in [-0.15, -0.1) is 0 Å². The van der Waals surface area contributed by atoms with Gasteiger partial charge in [0.1, 0.15) is 11.9 Å². The predicted molar refractivity (Wildman–Crippen MR) is 140 cm³/mol. The number of piperidine rings is 1. The molecule has 0 amide bonds. The zero-order valence-corrected chi connectivity index (χ0v) is 20.8. The zero-order valence-electron chi connectivity index (χ0n) is 20.8. The molecule has 0 aliphatic carbocycles. The third kappa shape index (κ3) is 4.59. The first-order valence-electron chi connectivity index (χ1n) is 12.2. The van der Waals surface area contributed by atoms with Crippen LogP contribution < -0.4 is 15.8 Å². The van der Waals surface area contributed by atoms with Gasteiger partial charge < -0.3 is 15.3 Å². The van der Waals surface area contributed by atoms with Gasteiger partial charge in [-0.2, -0.15) is 10.4 Å². The normalized spacial score (nSPS) is 14.3. The van der Waals surface area contributed by atoms with E-state index in [2.05, 4.69) is 15.3 Å². The minimum atomic E-state index is -0.662. The van der Waals surface area contributed by atoms with Crippen LogP contribution >= 0.6 is 0 Å². The van der Waals surface area contributed by atoms with E-state index in [9.17, 15) is 19.6 Å². The number of rotatable bonds is 6. The Kier molecular flexibility index (Phi) is 6.74. The lowest BCUT2D eigenvalue weighted by Crippen LogP contribution is -2.43. The number of hydrogen-bond donors (Lipinski definition) is 2. The number of halogens is 1. The third-order valence-corrected chi connectivity index (χ3v) is 6.99. The molecule has 0 saturated carbocycles. The summed E-state index contributed by atoms with van der Waals surface area (Å²) in [5.41, 5.74) is 2.17. The van der Waals surface area contributed by atoms with Crippen molar-refractivity contribution in [2.75, 3.05) is 31.6 Å². The second kappa shape index (κ2) is 10.1. The van der Waals surface area contributed by atoms with Crippen LogP contribution in [0.25, 0.3) is 33.3 Å². The van der Waals surface area contributed by atoms with Crippen LogP contribution in [0, 0.1) is 17.1 Å². The molecule has 2 N–H and O–H groups in total. The molecule has 37 heavy (non-hydrogen) atoms. The fourth-order valence-electron chi connectivity index (χ4n) is 4.91. The van der Waals surface area contributed by atoms with Gasteiger partial charge in [0, 0.05) is 43.3 Å². The second-order valence-electron chi connectivity index (χ2n) is 9.25. The molecule has 0 unspecified atom stereocenters. The Morgan fingerprint density at radius 1 is 1.19 bits per heavy atom. The van der Waals surface area contributed by atoms with Crippen molar-refractivity contribution >= 4 is 16.9 Å². The highest BCUT2D eigenvalue weighted by Crippen LogP contribution is 2.32. The molecular weight excluding hydrogens is 473 g/mol. The summed E-state index contributed by atoms with van der Waals surface area (Å²) in [6.07, 6.45) is 3.65. The maximum atomic E-state index is 14.7. The molecule has 10 heteroatoms. The van der Waals surface area contributed by atoms with Crippen LogP contribution in [-0.2, 0) is 13.6 Å². The van der Waals surface area contributed by atoms with E-state index in [1.165, 1.54) is 12.1 Å². The summed E-state index contributed by atoms with van der Waals surface area (Å²) < 4.78 is 17.9. The molecule has 9 nitrogen and oxygen atoms in total. The van der Waals surface area contributed by atoms with Crippen molar-refractivity contribution in [3.05, 3.63) is 64.3 Å². The molecule has 0 radical (unpaired) electrons. The maximum Gasteiger partial charge on any atom is 0.263 e. The van der Waals surface area contributed by atoms with E-state index in [0.717, 1.165) is 36.8 Å². The van der Waals surface area contributed by atoms with Gasteiger partial charge in [0.2, 0.25) is 5.95 Å². The molecule has 5 rings (SSSR count). The van der Waals surface area contributed by atoms with E-state index in [1.807, 2.05) is 31.4 Å². The average Bonchev–Trinajstić information content (AvgIpc) is 3.32. The standard InChI is InChI=1S/C27H28FN7O2/c1-30-21-7-9-34(10-8-21)27-31-25(18-3-4-19(15-29)22(28)14-18)24(26(37)33(27)2)17-5-6-23-20(13-17)16-35(32-23)11-12-36/h3-6,13-14,16,21,30,36H,7-12H2,1-2H3. The minimum absolute atomic E-state index is 0.0350. The Bertz CT molecular complexity index is 1560. The number of fused-ring (bicyclic) bond motifs is 1. The predicted octanol–water partition coefficient (Wildman–Crippen LogP) is 2.66. The summed E-state index contributed by atoms with van der Waals surface area (Å²) in [5, 5.41) is 27.0. The number of nitriles is 1. The van der Waals surface area contributed by atoms with E-state index in [1.54, 1.807) is 28.4 Å². The van der Waals surface area contributed by atoms with Crippen LogP contribution in [0.15, 0.2) is 47.4 Å². The van der Waals surface area contributed by atoms with Gasteiger partial charge >= 0.3 is 0 Å². The van der Waals surface area contributed by atoms with Gasteiger partial charge in [0.05, 0.1) is 35.5 Å². The number of hydrogen-bond acceptors (Lipinski definition) is 7. The van der Waals surface area contributed by atoms with Crippen LogP contribution in [0.2, 0.25) is 0 Å². The fraction of sp³-hybridized carbons (Fsp3) is 0.333. The number of benzene rings is 2. The molecule has 4 aromatic rings. The third-order valence-electron chi connectivity index (χ3n) is 6.99. The van der Waals surface area contributed by atoms with Gasteiger partial charge in [-0.1, -0.05) is 12.1 Å². The lowest BCUT2D eigenvalue weighted by molar-refractivity contribution is 0.270. The number of nitrogens with zero attached hydrogens (tertiary/aromatic N) is 6. The van der Waals surface area contributed by atoms with E-state index in [4.69, 9.17) is 4.98 Å². The largest absolute Gasteiger partial charge is 0.394 e. The summed E-state index contributed by atoms with van der Waals surface area (Å²) in [6.45, 7) is 1.80. The average molecular weight is 502 g/mol. The van der Waals surface area contributed by atoms with E-state index in [0.29, 0.717) is 40.9 Å². The van der Waals surface area contributed by atoms with Crippen LogP contribution in [0.3, 0.4) is 0 Å². The molecule has 2 aromatic carbocycles. The molecule has 190 valence electrons. The van der Waals surface area contributed by atoms with Gasteiger partial charge in [0.25, 0.3) is 5.56 Å². The van der Waals surface area contributed by atoms with Crippen molar-refractivity contribution < 1.29 is 9.50 Å². The Morgan fingerprint density at radius 2 is 1.95 bits per heavy atom. The van der Waals surface area contributed by atoms with Gasteiger partial charge in [-0.05, 0) is 49.7 Å². The molecule has 2 aromatic heterocycles. The van der Waals surface area contributed by atoms with E-state index < -0.39 is 5.82 Å². The van der Waals surface area contributed by atoms with Gasteiger partial charge in [0.15, 0.2) is 0 Å². The first-order chi connectivity index (χ1) is 17.9. The summed E-state index contributed by atoms with van der Waals surface area (Å²) in [5.74, 6) is -0.134. The highest BCUT2D eigenvalue weighted by atomic mass is 19.1. The van der Waals surface area contributed by atoms with Crippen molar-refractivity contribution in [2.24, 2.45) is 7.05 Å². The van der Waals surface area contributed by atoms with Crippen molar-refractivity contribution in [3.63, 3.8) is 0 Å². The number of anilines is 1. The number of aliphatic hydroxyl groups excluding tert-OH is 1. The van der Waals surface area contributed by atoms with Crippen molar-refractivity contribution in [1.29, 1.82) is 5.26 Å². The number of aromatic nitrogens is 4. The number of aliphatic hydroxyl groups is 1. The number of nitrogens with one attached hydrogen (secondary N) is 1. The molecule has 0 bridgehead atoms. The van der Waals surface area contributed by atoms with Gasteiger partial charge in [-0.3, -0.25) is 14.0 Å². The fourth-order valence-corrected chi connectivity index (χ4v) is 4.91. The first kappa shape index (κ1) is 24.6.